The third kappa shape index (κ3) is 5.49. The number of hydrogen-bond donors (Lipinski definition) is 2. The van der Waals surface area contributed by atoms with Gasteiger partial charge in [-0.1, -0.05) is 36.4 Å². The van der Waals surface area contributed by atoms with E-state index in [0.717, 1.165) is 11.1 Å². The first-order chi connectivity index (χ1) is 16.4. The Hall–Kier alpha value is -3.56. The zero-order valence-corrected chi connectivity index (χ0v) is 19.7. The fraction of sp³-hybridized carbons (Fsp3) is 0.240. The number of ether oxygens (including phenoxy) is 3. The van der Waals surface area contributed by atoms with E-state index in [-0.39, 0.29) is 17.1 Å². The van der Waals surface area contributed by atoms with Gasteiger partial charge < -0.3 is 19.5 Å². The van der Waals surface area contributed by atoms with Gasteiger partial charge in [0.05, 0.1) is 7.11 Å². The van der Waals surface area contributed by atoms with Crippen LogP contribution in [0.2, 0.25) is 0 Å². The maximum Gasteiger partial charge on any atom is 0.245 e. The lowest BCUT2D eigenvalue weighted by Gasteiger charge is -2.21. The van der Waals surface area contributed by atoms with Crippen LogP contribution < -0.4 is 24.2 Å². The molecule has 34 heavy (non-hydrogen) atoms. The monoisotopic (exact) mass is 482 g/mol. The second kappa shape index (κ2) is 10.1. The van der Waals surface area contributed by atoms with Crippen molar-refractivity contribution in [1.29, 1.82) is 0 Å². The average Bonchev–Trinajstić information content (AvgIpc) is 2.84. The van der Waals surface area contributed by atoms with Crippen molar-refractivity contribution in [1.82, 2.24) is 4.72 Å². The number of amides is 1. The van der Waals surface area contributed by atoms with Crippen LogP contribution >= 0.6 is 0 Å². The molecular weight excluding hydrogens is 456 g/mol. The van der Waals surface area contributed by atoms with Crippen LogP contribution in [0.4, 0.5) is 5.69 Å². The van der Waals surface area contributed by atoms with Crippen molar-refractivity contribution in [3.63, 3.8) is 0 Å². The van der Waals surface area contributed by atoms with Crippen LogP contribution in [0, 0.1) is 6.92 Å². The quantitative estimate of drug-likeness (QED) is 0.511. The maximum atomic E-state index is 13.3. The van der Waals surface area contributed by atoms with Gasteiger partial charge in [0.25, 0.3) is 0 Å². The molecular formula is C25H26N2O6S. The van der Waals surface area contributed by atoms with E-state index < -0.39 is 22.0 Å². The molecule has 0 saturated heterocycles. The lowest BCUT2D eigenvalue weighted by Crippen LogP contribution is -2.45. The lowest BCUT2D eigenvalue weighted by molar-refractivity contribution is -0.117. The summed E-state index contributed by atoms with van der Waals surface area (Å²) >= 11 is 0. The topological polar surface area (TPSA) is 103 Å². The Labute approximate surface area is 198 Å². The van der Waals surface area contributed by atoms with Gasteiger partial charge in [-0.3, -0.25) is 4.79 Å². The molecule has 3 aromatic carbocycles. The van der Waals surface area contributed by atoms with Crippen molar-refractivity contribution in [3.05, 3.63) is 77.9 Å². The molecule has 8 nitrogen and oxygen atoms in total. The van der Waals surface area contributed by atoms with Crippen LogP contribution in [0.1, 0.15) is 11.1 Å². The molecule has 1 aliphatic rings. The molecule has 2 N–H and O–H groups in total. The highest BCUT2D eigenvalue weighted by Gasteiger charge is 2.29. The summed E-state index contributed by atoms with van der Waals surface area (Å²) in [6, 6.07) is 18.0. The first-order valence-corrected chi connectivity index (χ1v) is 12.3. The standard InChI is InChI=1S/C25H26N2O6S/c1-17-8-10-22(31-2)24(14-17)34(29,30)27-20(15-18-6-4-3-5-7-18)25(28)26-19-9-11-21-23(16-19)33-13-12-32-21/h3-11,14,16,20,27H,12-13,15H2,1-2H3,(H,26,28)/t20-/m1/s1. The zero-order chi connectivity index (χ0) is 24.1. The molecule has 4 rings (SSSR count). The molecule has 0 fully saturated rings. The minimum atomic E-state index is -4.08. The maximum absolute atomic E-state index is 13.3. The zero-order valence-electron chi connectivity index (χ0n) is 18.9. The number of benzene rings is 3. The van der Waals surface area contributed by atoms with Gasteiger partial charge in [-0.2, -0.15) is 4.72 Å². The molecule has 1 aliphatic heterocycles. The van der Waals surface area contributed by atoms with Crippen LogP contribution in [0.3, 0.4) is 0 Å². The first kappa shape index (κ1) is 23.6. The fourth-order valence-corrected chi connectivity index (χ4v) is 5.08. The van der Waals surface area contributed by atoms with Crippen molar-refractivity contribution in [2.75, 3.05) is 25.6 Å². The smallest absolute Gasteiger partial charge is 0.245 e. The Morgan fingerprint density at radius 1 is 1.00 bits per heavy atom. The van der Waals surface area contributed by atoms with Crippen molar-refractivity contribution >= 4 is 21.6 Å². The van der Waals surface area contributed by atoms with E-state index in [1.54, 1.807) is 37.3 Å². The number of anilines is 1. The number of methoxy groups -OCH3 is 1. The molecule has 1 atom stereocenters. The second-order valence-corrected chi connectivity index (χ2v) is 9.55. The number of nitrogens with one attached hydrogen (secondary N) is 2. The number of sulfonamides is 1. The largest absolute Gasteiger partial charge is 0.495 e. The molecule has 0 saturated carbocycles. The van der Waals surface area contributed by atoms with E-state index in [0.29, 0.717) is 30.4 Å². The van der Waals surface area contributed by atoms with Crippen molar-refractivity contribution in [3.8, 4) is 17.2 Å². The van der Waals surface area contributed by atoms with E-state index in [2.05, 4.69) is 10.0 Å². The molecule has 9 heteroatoms. The summed E-state index contributed by atoms with van der Waals surface area (Å²) in [6.07, 6.45) is 0.157. The molecule has 0 aromatic heterocycles. The normalized spacial score (nSPS) is 13.7. The Kier molecular flexibility index (Phi) is 7.04. The molecule has 0 spiro atoms. The van der Waals surface area contributed by atoms with Gasteiger partial charge in [-0.15, -0.1) is 0 Å². The summed E-state index contributed by atoms with van der Waals surface area (Å²) in [6.45, 7) is 2.66. The predicted molar refractivity (Wildman–Crippen MR) is 128 cm³/mol. The molecule has 0 radical (unpaired) electrons. The van der Waals surface area contributed by atoms with Crippen molar-refractivity contribution in [2.24, 2.45) is 0 Å². The fourth-order valence-electron chi connectivity index (χ4n) is 3.63. The highest BCUT2D eigenvalue weighted by atomic mass is 32.2. The number of hydrogen-bond acceptors (Lipinski definition) is 6. The van der Waals surface area contributed by atoms with Gasteiger partial charge >= 0.3 is 0 Å². The molecule has 1 heterocycles. The summed E-state index contributed by atoms with van der Waals surface area (Å²) in [4.78, 5) is 13.2. The summed E-state index contributed by atoms with van der Waals surface area (Å²) in [5.41, 5.74) is 2.03. The highest BCUT2D eigenvalue weighted by Crippen LogP contribution is 2.32. The number of rotatable bonds is 8. The Morgan fingerprint density at radius 2 is 1.74 bits per heavy atom. The van der Waals surface area contributed by atoms with E-state index in [1.807, 2.05) is 30.3 Å². The molecule has 1 amide bonds. The Morgan fingerprint density at radius 3 is 2.47 bits per heavy atom. The van der Waals surface area contributed by atoms with Gasteiger partial charge in [0.1, 0.15) is 29.9 Å². The second-order valence-electron chi connectivity index (χ2n) is 7.87. The van der Waals surface area contributed by atoms with Crippen LogP contribution in [-0.2, 0) is 21.2 Å². The highest BCUT2D eigenvalue weighted by molar-refractivity contribution is 7.89. The van der Waals surface area contributed by atoms with E-state index in [9.17, 15) is 13.2 Å². The van der Waals surface area contributed by atoms with Gasteiger partial charge in [0.15, 0.2) is 11.5 Å². The Bertz CT molecular complexity index is 1280. The van der Waals surface area contributed by atoms with Crippen molar-refractivity contribution < 1.29 is 27.4 Å². The minimum Gasteiger partial charge on any atom is -0.495 e. The van der Waals surface area contributed by atoms with E-state index in [4.69, 9.17) is 14.2 Å². The number of carbonyl (C=O) groups excluding carboxylic acids is 1. The van der Waals surface area contributed by atoms with Crippen LogP contribution in [0.5, 0.6) is 17.2 Å². The van der Waals surface area contributed by atoms with E-state index in [1.165, 1.54) is 13.2 Å². The number of aryl methyl sites for hydroxylation is 1. The summed E-state index contributed by atoms with van der Waals surface area (Å²) in [5, 5.41) is 2.79. The third-order valence-electron chi connectivity index (χ3n) is 5.31. The summed E-state index contributed by atoms with van der Waals surface area (Å²) in [7, 11) is -2.67. The van der Waals surface area contributed by atoms with Crippen LogP contribution in [-0.4, -0.2) is 40.7 Å². The molecule has 0 bridgehead atoms. The number of fused-ring (bicyclic) bond motifs is 1. The Balaban J connectivity index is 1.61. The molecule has 178 valence electrons. The van der Waals surface area contributed by atoms with Gasteiger partial charge in [-0.05, 0) is 48.7 Å². The van der Waals surface area contributed by atoms with E-state index >= 15 is 0 Å². The van der Waals surface area contributed by atoms with Gasteiger partial charge in [0.2, 0.25) is 15.9 Å². The summed E-state index contributed by atoms with van der Waals surface area (Å²) < 4.78 is 45.5. The van der Waals surface area contributed by atoms with Gasteiger partial charge in [-0.25, -0.2) is 8.42 Å². The number of carbonyl (C=O) groups is 1. The first-order valence-electron chi connectivity index (χ1n) is 10.8. The van der Waals surface area contributed by atoms with Gasteiger partial charge in [0, 0.05) is 11.8 Å². The summed E-state index contributed by atoms with van der Waals surface area (Å²) in [5.74, 6) is 0.811. The predicted octanol–water partition coefficient (Wildman–Crippen LogP) is 3.30. The molecule has 0 aliphatic carbocycles. The average molecular weight is 483 g/mol. The van der Waals surface area contributed by atoms with Crippen molar-refractivity contribution in [2.45, 2.75) is 24.3 Å². The SMILES string of the molecule is COc1ccc(C)cc1S(=O)(=O)N[C@H](Cc1ccccc1)C(=O)Nc1ccc2c(c1)OCCO2. The molecule has 3 aromatic rings. The minimum absolute atomic E-state index is 0.0276. The van der Waals surface area contributed by atoms with Crippen LogP contribution in [0.25, 0.3) is 0 Å². The van der Waals surface area contributed by atoms with Crippen LogP contribution in [0.15, 0.2) is 71.6 Å². The third-order valence-corrected chi connectivity index (χ3v) is 6.81. The lowest BCUT2D eigenvalue weighted by atomic mass is 10.1. The molecule has 0 unspecified atom stereocenters.